The molecule has 2 aromatic carbocycles. The summed E-state index contributed by atoms with van der Waals surface area (Å²) < 4.78 is 0. The van der Waals surface area contributed by atoms with Crippen molar-refractivity contribution in [1.82, 2.24) is 5.32 Å². The first-order chi connectivity index (χ1) is 9.47. The number of phenolic OH excluding ortho intramolecular Hbond substituents is 2. The number of nitrogens with one attached hydrogen (secondary N) is 1. The van der Waals surface area contributed by atoms with Gasteiger partial charge in [-0.15, -0.1) is 0 Å². The van der Waals surface area contributed by atoms with Crippen LogP contribution in [0.4, 0.5) is 0 Å². The van der Waals surface area contributed by atoms with Crippen molar-refractivity contribution in [3.63, 3.8) is 0 Å². The summed E-state index contributed by atoms with van der Waals surface area (Å²) in [5.74, 6) is 0.109. The summed E-state index contributed by atoms with van der Waals surface area (Å²) in [7, 11) is 0. The Bertz CT molecular complexity index is 581. The molecule has 0 aromatic heterocycles. The molecule has 0 heterocycles. The maximum absolute atomic E-state index is 9.53. The topological polar surface area (TPSA) is 52.5 Å². The lowest BCUT2D eigenvalue weighted by atomic mass is 10.0. The summed E-state index contributed by atoms with van der Waals surface area (Å²) >= 11 is 6.18. The van der Waals surface area contributed by atoms with E-state index in [0.717, 1.165) is 16.1 Å². The number of rotatable bonds is 4. The number of hydrogen-bond acceptors (Lipinski definition) is 3. The van der Waals surface area contributed by atoms with E-state index in [1.807, 2.05) is 38.1 Å². The van der Waals surface area contributed by atoms with Gasteiger partial charge in [-0.2, -0.15) is 0 Å². The standard InChI is InChI=1S/C16H18ClNO2/c1-10(12-7-13(19)9-14(20)8-12)18-11(2)15-5-3-4-6-16(15)17/h3-11,18-20H,1-2H3. The highest BCUT2D eigenvalue weighted by Crippen LogP contribution is 2.28. The zero-order valence-corrected chi connectivity index (χ0v) is 12.2. The predicted molar refractivity (Wildman–Crippen MR) is 81.2 cm³/mol. The minimum atomic E-state index is -0.0285. The molecule has 0 saturated heterocycles. The van der Waals surface area contributed by atoms with Crippen LogP contribution in [0.2, 0.25) is 5.02 Å². The Balaban J connectivity index is 2.15. The average Bonchev–Trinajstić information content (AvgIpc) is 2.37. The van der Waals surface area contributed by atoms with E-state index in [1.165, 1.54) is 6.07 Å². The SMILES string of the molecule is CC(NC(C)c1ccccc1Cl)c1cc(O)cc(O)c1. The highest BCUT2D eigenvalue weighted by Gasteiger charge is 2.14. The van der Waals surface area contributed by atoms with Crippen LogP contribution in [0.3, 0.4) is 0 Å². The highest BCUT2D eigenvalue weighted by molar-refractivity contribution is 6.31. The third kappa shape index (κ3) is 3.44. The van der Waals surface area contributed by atoms with Crippen molar-refractivity contribution in [3.8, 4) is 11.5 Å². The van der Waals surface area contributed by atoms with Crippen LogP contribution in [-0.2, 0) is 0 Å². The van der Waals surface area contributed by atoms with Crippen molar-refractivity contribution in [2.24, 2.45) is 0 Å². The van der Waals surface area contributed by atoms with Crippen molar-refractivity contribution in [3.05, 3.63) is 58.6 Å². The van der Waals surface area contributed by atoms with Crippen molar-refractivity contribution < 1.29 is 10.2 Å². The van der Waals surface area contributed by atoms with Gasteiger partial charge < -0.3 is 15.5 Å². The molecule has 0 fully saturated rings. The van der Waals surface area contributed by atoms with Crippen LogP contribution < -0.4 is 5.32 Å². The van der Waals surface area contributed by atoms with Gasteiger partial charge in [0.2, 0.25) is 0 Å². The first kappa shape index (κ1) is 14.7. The molecule has 106 valence electrons. The minimum Gasteiger partial charge on any atom is -0.508 e. The third-order valence-electron chi connectivity index (χ3n) is 3.30. The smallest absolute Gasteiger partial charge is 0.119 e. The summed E-state index contributed by atoms with van der Waals surface area (Å²) in [6, 6.07) is 12.3. The summed E-state index contributed by atoms with van der Waals surface area (Å²) in [5.41, 5.74) is 1.84. The van der Waals surface area contributed by atoms with E-state index < -0.39 is 0 Å². The van der Waals surface area contributed by atoms with Gasteiger partial charge in [0.25, 0.3) is 0 Å². The van der Waals surface area contributed by atoms with Gasteiger partial charge in [0.05, 0.1) is 0 Å². The Labute approximate surface area is 123 Å². The highest BCUT2D eigenvalue weighted by atomic mass is 35.5. The monoisotopic (exact) mass is 291 g/mol. The zero-order valence-electron chi connectivity index (χ0n) is 11.5. The first-order valence-corrected chi connectivity index (χ1v) is 6.88. The first-order valence-electron chi connectivity index (χ1n) is 6.50. The molecular weight excluding hydrogens is 274 g/mol. The molecule has 0 saturated carbocycles. The van der Waals surface area contributed by atoms with E-state index in [4.69, 9.17) is 11.6 Å². The molecule has 3 N–H and O–H groups in total. The number of benzene rings is 2. The Kier molecular flexibility index (Phi) is 4.53. The normalized spacial score (nSPS) is 13.9. The lowest BCUT2D eigenvalue weighted by molar-refractivity contribution is 0.442. The molecule has 0 aliphatic carbocycles. The molecule has 2 unspecified atom stereocenters. The lowest BCUT2D eigenvalue weighted by Gasteiger charge is -2.22. The Morgan fingerprint density at radius 2 is 1.55 bits per heavy atom. The second kappa shape index (κ2) is 6.16. The van der Waals surface area contributed by atoms with Gasteiger partial charge in [-0.05, 0) is 43.2 Å². The van der Waals surface area contributed by atoms with Crippen molar-refractivity contribution in [2.75, 3.05) is 0 Å². The predicted octanol–water partition coefficient (Wildman–Crippen LogP) is 4.16. The maximum atomic E-state index is 9.53. The van der Waals surface area contributed by atoms with E-state index >= 15 is 0 Å². The molecule has 0 spiro atoms. The van der Waals surface area contributed by atoms with Gasteiger partial charge in [-0.1, -0.05) is 29.8 Å². The Morgan fingerprint density at radius 1 is 0.950 bits per heavy atom. The molecule has 2 aromatic rings. The van der Waals surface area contributed by atoms with Crippen LogP contribution >= 0.6 is 11.6 Å². The van der Waals surface area contributed by atoms with E-state index in [-0.39, 0.29) is 23.6 Å². The molecule has 0 aliphatic rings. The summed E-state index contributed by atoms with van der Waals surface area (Å²) in [5, 5.41) is 23.2. The van der Waals surface area contributed by atoms with Crippen LogP contribution in [0.1, 0.15) is 37.1 Å². The van der Waals surface area contributed by atoms with Crippen LogP contribution in [0.5, 0.6) is 11.5 Å². The summed E-state index contributed by atoms with van der Waals surface area (Å²) in [6.45, 7) is 4.00. The number of phenols is 2. The fourth-order valence-corrected chi connectivity index (χ4v) is 2.55. The van der Waals surface area contributed by atoms with Crippen LogP contribution in [0.15, 0.2) is 42.5 Å². The van der Waals surface area contributed by atoms with Gasteiger partial charge in [0.1, 0.15) is 11.5 Å². The van der Waals surface area contributed by atoms with E-state index in [1.54, 1.807) is 12.1 Å². The van der Waals surface area contributed by atoms with E-state index in [0.29, 0.717) is 0 Å². The molecule has 0 amide bonds. The molecule has 0 radical (unpaired) electrons. The molecule has 4 heteroatoms. The fraction of sp³-hybridized carbons (Fsp3) is 0.250. The largest absolute Gasteiger partial charge is 0.508 e. The minimum absolute atomic E-state index is 0.0285. The van der Waals surface area contributed by atoms with E-state index in [9.17, 15) is 10.2 Å². The van der Waals surface area contributed by atoms with Gasteiger partial charge >= 0.3 is 0 Å². The summed E-state index contributed by atoms with van der Waals surface area (Å²) in [6.07, 6.45) is 0. The Morgan fingerprint density at radius 3 is 2.15 bits per heavy atom. The van der Waals surface area contributed by atoms with Crippen molar-refractivity contribution in [2.45, 2.75) is 25.9 Å². The molecule has 3 nitrogen and oxygen atoms in total. The molecule has 20 heavy (non-hydrogen) atoms. The summed E-state index contributed by atoms with van der Waals surface area (Å²) in [4.78, 5) is 0. The number of hydrogen-bond donors (Lipinski definition) is 3. The zero-order chi connectivity index (χ0) is 14.7. The quantitative estimate of drug-likeness (QED) is 0.793. The van der Waals surface area contributed by atoms with Crippen molar-refractivity contribution in [1.29, 1.82) is 0 Å². The fourth-order valence-electron chi connectivity index (χ4n) is 2.26. The van der Waals surface area contributed by atoms with Crippen LogP contribution in [0, 0.1) is 0 Å². The molecule has 0 aliphatic heterocycles. The molecule has 2 atom stereocenters. The van der Waals surface area contributed by atoms with Gasteiger partial charge in [-0.25, -0.2) is 0 Å². The molecule has 0 bridgehead atoms. The van der Waals surface area contributed by atoms with Gasteiger partial charge in [0, 0.05) is 23.2 Å². The molecule has 2 rings (SSSR count). The van der Waals surface area contributed by atoms with Gasteiger partial charge in [0.15, 0.2) is 0 Å². The van der Waals surface area contributed by atoms with Crippen LogP contribution in [0.25, 0.3) is 0 Å². The Hall–Kier alpha value is -1.71. The second-order valence-corrected chi connectivity index (χ2v) is 5.32. The number of halogens is 1. The van der Waals surface area contributed by atoms with Crippen LogP contribution in [-0.4, -0.2) is 10.2 Å². The lowest BCUT2D eigenvalue weighted by Crippen LogP contribution is -2.22. The third-order valence-corrected chi connectivity index (χ3v) is 3.64. The number of aromatic hydroxyl groups is 2. The van der Waals surface area contributed by atoms with Gasteiger partial charge in [-0.3, -0.25) is 0 Å². The average molecular weight is 292 g/mol. The second-order valence-electron chi connectivity index (χ2n) is 4.91. The van der Waals surface area contributed by atoms with E-state index in [2.05, 4.69) is 5.32 Å². The molecular formula is C16H18ClNO2. The van der Waals surface area contributed by atoms with Crippen molar-refractivity contribution >= 4 is 11.6 Å². The maximum Gasteiger partial charge on any atom is 0.119 e.